The SMILES string of the molecule is Cc1cc(C)c(NC(=O)CN2C(=O)S/C(=C\c3cc(Br)ccc3OCc3ccccc3)C2=O)c(C)c1. The Labute approximate surface area is 222 Å². The van der Waals surface area contributed by atoms with E-state index in [-0.39, 0.29) is 11.4 Å². The van der Waals surface area contributed by atoms with E-state index in [0.29, 0.717) is 23.6 Å². The summed E-state index contributed by atoms with van der Waals surface area (Å²) in [5.74, 6) is -0.355. The molecule has 1 N–H and O–H groups in total. The smallest absolute Gasteiger partial charge is 0.294 e. The van der Waals surface area contributed by atoms with Crippen LogP contribution in [0, 0.1) is 20.8 Å². The van der Waals surface area contributed by atoms with Gasteiger partial charge in [0.2, 0.25) is 5.91 Å². The molecule has 3 aromatic rings. The highest BCUT2D eigenvalue weighted by Crippen LogP contribution is 2.35. The molecule has 1 heterocycles. The van der Waals surface area contributed by atoms with Crippen molar-refractivity contribution in [3.63, 3.8) is 0 Å². The van der Waals surface area contributed by atoms with Crippen molar-refractivity contribution in [2.24, 2.45) is 0 Å². The van der Waals surface area contributed by atoms with E-state index in [1.165, 1.54) is 0 Å². The van der Waals surface area contributed by atoms with Crippen molar-refractivity contribution in [3.8, 4) is 5.75 Å². The molecular formula is C28H25BrN2O4S. The first-order valence-electron chi connectivity index (χ1n) is 11.3. The Kier molecular flexibility index (Phi) is 7.96. The van der Waals surface area contributed by atoms with Crippen LogP contribution < -0.4 is 10.1 Å². The minimum Gasteiger partial charge on any atom is -0.488 e. The van der Waals surface area contributed by atoms with Crippen LogP contribution in [-0.4, -0.2) is 28.5 Å². The van der Waals surface area contributed by atoms with Crippen molar-refractivity contribution in [3.05, 3.63) is 97.9 Å². The van der Waals surface area contributed by atoms with Crippen LogP contribution in [0.15, 0.2) is 70.0 Å². The lowest BCUT2D eigenvalue weighted by molar-refractivity contribution is -0.127. The van der Waals surface area contributed by atoms with E-state index < -0.39 is 17.1 Å². The van der Waals surface area contributed by atoms with E-state index >= 15 is 0 Å². The molecule has 1 aliphatic rings. The number of aryl methyl sites for hydroxylation is 3. The lowest BCUT2D eigenvalue weighted by Gasteiger charge is -2.16. The maximum absolute atomic E-state index is 13.0. The number of anilines is 1. The fraction of sp³-hybridized carbons (Fsp3) is 0.179. The highest BCUT2D eigenvalue weighted by molar-refractivity contribution is 9.10. The van der Waals surface area contributed by atoms with Gasteiger partial charge in [0.25, 0.3) is 11.1 Å². The average molecular weight is 565 g/mol. The molecule has 0 aromatic heterocycles. The Balaban J connectivity index is 1.49. The van der Waals surface area contributed by atoms with Gasteiger partial charge >= 0.3 is 0 Å². The van der Waals surface area contributed by atoms with Crippen molar-refractivity contribution >= 4 is 56.5 Å². The molecule has 0 aliphatic carbocycles. The summed E-state index contributed by atoms with van der Waals surface area (Å²) < 4.78 is 6.80. The van der Waals surface area contributed by atoms with Gasteiger partial charge in [-0.3, -0.25) is 19.3 Å². The summed E-state index contributed by atoms with van der Waals surface area (Å²) in [6.07, 6.45) is 1.63. The molecule has 36 heavy (non-hydrogen) atoms. The van der Waals surface area contributed by atoms with Gasteiger partial charge in [-0.15, -0.1) is 0 Å². The zero-order valence-corrected chi connectivity index (χ0v) is 22.5. The molecule has 0 radical (unpaired) electrons. The van der Waals surface area contributed by atoms with Crippen LogP contribution in [0.2, 0.25) is 0 Å². The summed E-state index contributed by atoms with van der Waals surface area (Å²) in [4.78, 5) is 39.6. The molecular weight excluding hydrogens is 540 g/mol. The second kappa shape index (κ2) is 11.1. The number of carbonyl (C=O) groups excluding carboxylic acids is 3. The number of hydrogen-bond acceptors (Lipinski definition) is 5. The highest BCUT2D eigenvalue weighted by atomic mass is 79.9. The van der Waals surface area contributed by atoms with Gasteiger partial charge in [-0.1, -0.05) is 64.0 Å². The maximum atomic E-state index is 13.0. The zero-order chi connectivity index (χ0) is 25.8. The van der Waals surface area contributed by atoms with Crippen molar-refractivity contribution in [2.75, 3.05) is 11.9 Å². The second-order valence-electron chi connectivity index (χ2n) is 8.55. The molecule has 0 atom stereocenters. The third-order valence-electron chi connectivity index (χ3n) is 5.61. The molecule has 8 heteroatoms. The number of halogens is 1. The topological polar surface area (TPSA) is 75.7 Å². The van der Waals surface area contributed by atoms with Gasteiger partial charge < -0.3 is 10.1 Å². The fourth-order valence-corrected chi connectivity index (χ4v) is 5.18. The van der Waals surface area contributed by atoms with Crippen molar-refractivity contribution in [2.45, 2.75) is 27.4 Å². The van der Waals surface area contributed by atoms with Crippen LogP contribution in [0.4, 0.5) is 10.5 Å². The molecule has 1 saturated heterocycles. The van der Waals surface area contributed by atoms with E-state index in [1.807, 2.05) is 81.4 Å². The molecule has 6 nitrogen and oxygen atoms in total. The molecule has 4 rings (SSSR count). The molecule has 0 unspecified atom stereocenters. The van der Waals surface area contributed by atoms with E-state index in [1.54, 1.807) is 6.08 Å². The third kappa shape index (κ3) is 6.06. The van der Waals surface area contributed by atoms with E-state index in [9.17, 15) is 14.4 Å². The van der Waals surface area contributed by atoms with Gasteiger partial charge in [-0.25, -0.2) is 0 Å². The molecule has 184 valence electrons. The molecule has 1 aliphatic heterocycles. The van der Waals surface area contributed by atoms with Gasteiger partial charge in [0.05, 0.1) is 4.91 Å². The van der Waals surface area contributed by atoms with E-state index in [4.69, 9.17) is 4.74 Å². The Hall–Kier alpha value is -3.36. The summed E-state index contributed by atoms with van der Waals surface area (Å²) >= 11 is 4.26. The molecule has 0 saturated carbocycles. The number of amides is 3. The summed E-state index contributed by atoms with van der Waals surface area (Å²) in [5.41, 5.74) is 5.30. The van der Waals surface area contributed by atoms with Crippen LogP contribution in [0.5, 0.6) is 5.75 Å². The normalized spacial score (nSPS) is 14.4. The maximum Gasteiger partial charge on any atom is 0.294 e. The number of thioether (sulfide) groups is 1. The van der Waals surface area contributed by atoms with Crippen LogP contribution in [0.1, 0.15) is 27.8 Å². The second-order valence-corrected chi connectivity index (χ2v) is 10.5. The molecule has 3 aromatic carbocycles. The number of imide groups is 1. The van der Waals surface area contributed by atoms with Crippen LogP contribution in [0.25, 0.3) is 6.08 Å². The minimum absolute atomic E-state index is 0.234. The quantitative estimate of drug-likeness (QED) is 0.326. The predicted molar refractivity (Wildman–Crippen MR) is 147 cm³/mol. The number of carbonyl (C=O) groups is 3. The first kappa shape index (κ1) is 25.7. The Morgan fingerprint density at radius 2 is 1.72 bits per heavy atom. The summed E-state index contributed by atoms with van der Waals surface area (Å²) in [7, 11) is 0. The van der Waals surface area contributed by atoms with Gasteiger partial charge in [-0.05, 0) is 73.5 Å². The van der Waals surface area contributed by atoms with Crippen LogP contribution in [0.3, 0.4) is 0 Å². The molecule has 3 amide bonds. The Morgan fingerprint density at radius 3 is 2.42 bits per heavy atom. The molecule has 0 bridgehead atoms. The minimum atomic E-state index is -0.508. The fourth-order valence-electron chi connectivity index (χ4n) is 3.98. The number of ether oxygens (including phenoxy) is 1. The van der Waals surface area contributed by atoms with Gasteiger partial charge in [0, 0.05) is 15.7 Å². The van der Waals surface area contributed by atoms with E-state index in [2.05, 4.69) is 21.2 Å². The lowest BCUT2D eigenvalue weighted by Crippen LogP contribution is -2.36. The van der Waals surface area contributed by atoms with Gasteiger partial charge in [-0.2, -0.15) is 0 Å². The zero-order valence-electron chi connectivity index (χ0n) is 20.1. The summed E-state index contributed by atoms with van der Waals surface area (Å²) in [6.45, 7) is 5.82. The van der Waals surface area contributed by atoms with Crippen molar-refractivity contribution < 1.29 is 19.1 Å². The van der Waals surface area contributed by atoms with Crippen molar-refractivity contribution in [1.82, 2.24) is 4.90 Å². The van der Waals surface area contributed by atoms with Gasteiger partial charge in [0.1, 0.15) is 18.9 Å². The number of nitrogens with one attached hydrogen (secondary N) is 1. The number of rotatable bonds is 7. The number of hydrogen-bond donors (Lipinski definition) is 1. The first-order valence-corrected chi connectivity index (χ1v) is 12.9. The monoisotopic (exact) mass is 564 g/mol. The molecule has 1 fully saturated rings. The van der Waals surface area contributed by atoms with Crippen molar-refractivity contribution in [1.29, 1.82) is 0 Å². The van der Waals surface area contributed by atoms with E-state index in [0.717, 1.165) is 43.4 Å². The predicted octanol–water partition coefficient (Wildman–Crippen LogP) is 6.63. The Bertz CT molecular complexity index is 1350. The summed E-state index contributed by atoms with van der Waals surface area (Å²) in [6, 6.07) is 19.2. The number of benzene rings is 3. The third-order valence-corrected chi connectivity index (χ3v) is 7.01. The lowest BCUT2D eigenvalue weighted by atomic mass is 10.1. The number of nitrogens with zero attached hydrogens (tertiary/aromatic N) is 1. The summed E-state index contributed by atoms with van der Waals surface area (Å²) in [5, 5.41) is 2.36. The average Bonchev–Trinajstić information content (AvgIpc) is 3.09. The van der Waals surface area contributed by atoms with Gasteiger partial charge in [0.15, 0.2) is 0 Å². The largest absolute Gasteiger partial charge is 0.488 e. The van der Waals surface area contributed by atoms with Crippen LogP contribution in [-0.2, 0) is 16.2 Å². The molecule has 0 spiro atoms. The highest BCUT2D eigenvalue weighted by Gasteiger charge is 2.36. The first-order chi connectivity index (χ1) is 17.2. The van der Waals surface area contributed by atoms with Crippen LogP contribution >= 0.6 is 27.7 Å². The standard InChI is InChI=1S/C28H25BrN2O4S/c1-17-11-18(2)26(19(3)12-17)30-25(32)15-31-27(33)24(36-28(31)34)14-21-13-22(29)9-10-23(21)35-16-20-7-5-4-6-8-20/h4-14H,15-16H2,1-3H3,(H,30,32)/b24-14-. The Morgan fingerprint density at radius 1 is 1.03 bits per heavy atom.